The highest BCUT2D eigenvalue weighted by Gasteiger charge is 2.23. The van der Waals surface area contributed by atoms with Gasteiger partial charge in [-0.25, -0.2) is 4.68 Å². The van der Waals surface area contributed by atoms with Gasteiger partial charge in [0.05, 0.1) is 17.9 Å². The number of fused-ring (bicyclic) bond motifs is 2. The smallest absolute Gasteiger partial charge is 0.267 e. The van der Waals surface area contributed by atoms with Gasteiger partial charge in [-0.1, -0.05) is 0 Å². The molecule has 1 fully saturated rings. The SMILES string of the molecule is O=c1cc2c(nn1CCN1CCN(Cc3n[nH]c4c3CCC4)CC1)CCC2. The summed E-state index contributed by atoms with van der Waals surface area (Å²) in [5, 5.41) is 12.3. The highest BCUT2D eigenvalue weighted by atomic mass is 16.1. The molecule has 2 aromatic heterocycles. The van der Waals surface area contributed by atoms with Crippen molar-refractivity contribution in [1.82, 2.24) is 29.8 Å². The lowest BCUT2D eigenvalue weighted by Crippen LogP contribution is -2.47. The van der Waals surface area contributed by atoms with Gasteiger partial charge in [0.1, 0.15) is 0 Å². The van der Waals surface area contributed by atoms with Crippen LogP contribution < -0.4 is 5.56 Å². The summed E-state index contributed by atoms with van der Waals surface area (Å²) in [5.74, 6) is 0. The van der Waals surface area contributed by atoms with Gasteiger partial charge in [0, 0.05) is 51.0 Å². The molecule has 0 unspecified atom stereocenters. The summed E-state index contributed by atoms with van der Waals surface area (Å²) >= 11 is 0. The molecule has 27 heavy (non-hydrogen) atoms. The van der Waals surface area contributed by atoms with Gasteiger partial charge in [-0.05, 0) is 49.7 Å². The summed E-state index contributed by atoms with van der Waals surface area (Å²) in [4.78, 5) is 17.2. The highest BCUT2D eigenvalue weighted by molar-refractivity contribution is 5.29. The van der Waals surface area contributed by atoms with E-state index >= 15 is 0 Å². The molecule has 0 radical (unpaired) electrons. The number of aromatic nitrogens is 4. The number of aryl methyl sites for hydroxylation is 3. The Morgan fingerprint density at radius 1 is 0.963 bits per heavy atom. The van der Waals surface area contributed by atoms with Crippen molar-refractivity contribution in [2.24, 2.45) is 0 Å². The van der Waals surface area contributed by atoms with Gasteiger partial charge in [-0.15, -0.1) is 0 Å². The molecule has 2 aliphatic carbocycles. The largest absolute Gasteiger partial charge is 0.299 e. The van der Waals surface area contributed by atoms with Gasteiger partial charge in [0.25, 0.3) is 5.56 Å². The molecule has 0 amide bonds. The molecule has 2 aromatic rings. The first-order valence-corrected chi connectivity index (χ1v) is 10.4. The van der Waals surface area contributed by atoms with E-state index in [1.54, 1.807) is 10.7 Å². The lowest BCUT2D eigenvalue weighted by atomic mass is 10.2. The van der Waals surface area contributed by atoms with Crippen LogP contribution in [0.15, 0.2) is 10.9 Å². The van der Waals surface area contributed by atoms with E-state index in [0.717, 1.165) is 76.2 Å². The number of hydrogen-bond donors (Lipinski definition) is 1. The van der Waals surface area contributed by atoms with Crippen molar-refractivity contribution in [3.8, 4) is 0 Å². The Morgan fingerprint density at radius 3 is 2.67 bits per heavy atom. The van der Waals surface area contributed by atoms with Crippen LogP contribution in [0.1, 0.15) is 41.1 Å². The second-order valence-electron chi connectivity index (χ2n) is 8.13. The topological polar surface area (TPSA) is 70.1 Å². The molecule has 3 aliphatic rings. The van der Waals surface area contributed by atoms with Gasteiger partial charge in [0.15, 0.2) is 0 Å². The number of piperazine rings is 1. The van der Waals surface area contributed by atoms with E-state index < -0.39 is 0 Å². The highest BCUT2D eigenvalue weighted by Crippen LogP contribution is 2.24. The predicted molar refractivity (Wildman–Crippen MR) is 103 cm³/mol. The minimum atomic E-state index is 0.0571. The summed E-state index contributed by atoms with van der Waals surface area (Å²) in [6.07, 6.45) is 6.77. The monoisotopic (exact) mass is 368 g/mol. The Balaban J connectivity index is 1.13. The molecule has 1 saturated heterocycles. The lowest BCUT2D eigenvalue weighted by molar-refractivity contribution is 0.121. The zero-order chi connectivity index (χ0) is 18.2. The fourth-order valence-corrected chi connectivity index (χ4v) is 4.74. The van der Waals surface area contributed by atoms with Crippen molar-refractivity contribution in [1.29, 1.82) is 0 Å². The standard InChI is InChI=1S/C20H28N6O/c27-20-13-15-3-1-5-17(15)23-26(20)12-11-24-7-9-25(10-8-24)14-19-16-4-2-6-18(16)21-22-19/h13H,1-12,14H2,(H,21,22). The number of H-pyrrole nitrogens is 1. The van der Waals surface area contributed by atoms with Crippen molar-refractivity contribution in [2.75, 3.05) is 32.7 Å². The minimum Gasteiger partial charge on any atom is -0.299 e. The van der Waals surface area contributed by atoms with Crippen molar-refractivity contribution >= 4 is 0 Å². The first kappa shape index (κ1) is 17.1. The Hall–Kier alpha value is -1.99. The van der Waals surface area contributed by atoms with Crippen LogP contribution in [0.5, 0.6) is 0 Å². The van der Waals surface area contributed by atoms with Crippen LogP contribution in [0, 0.1) is 0 Å². The van der Waals surface area contributed by atoms with Crippen LogP contribution in [0.3, 0.4) is 0 Å². The maximum Gasteiger partial charge on any atom is 0.267 e. The molecule has 0 spiro atoms. The lowest BCUT2D eigenvalue weighted by Gasteiger charge is -2.34. The molecule has 3 heterocycles. The second kappa shape index (κ2) is 7.20. The maximum atomic E-state index is 12.2. The summed E-state index contributed by atoms with van der Waals surface area (Å²) in [7, 11) is 0. The fraction of sp³-hybridized carbons (Fsp3) is 0.650. The molecule has 144 valence electrons. The van der Waals surface area contributed by atoms with Gasteiger partial charge >= 0.3 is 0 Å². The zero-order valence-corrected chi connectivity index (χ0v) is 15.9. The van der Waals surface area contributed by atoms with E-state index in [9.17, 15) is 4.79 Å². The number of aromatic amines is 1. The molecular weight excluding hydrogens is 340 g/mol. The molecule has 0 bridgehead atoms. The minimum absolute atomic E-state index is 0.0571. The molecule has 5 rings (SSSR count). The molecule has 1 aliphatic heterocycles. The first-order valence-electron chi connectivity index (χ1n) is 10.4. The summed E-state index contributed by atoms with van der Waals surface area (Å²) in [5.41, 5.74) is 6.43. The number of nitrogens with zero attached hydrogens (tertiary/aromatic N) is 5. The molecule has 0 atom stereocenters. The van der Waals surface area contributed by atoms with Gasteiger partial charge in [0.2, 0.25) is 0 Å². The van der Waals surface area contributed by atoms with Crippen LogP contribution >= 0.6 is 0 Å². The van der Waals surface area contributed by atoms with E-state index in [1.165, 1.54) is 29.8 Å². The van der Waals surface area contributed by atoms with Crippen molar-refractivity contribution in [3.63, 3.8) is 0 Å². The van der Waals surface area contributed by atoms with Gasteiger partial charge in [-0.2, -0.15) is 10.2 Å². The van der Waals surface area contributed by atoms with Crippen LogP contribution in [-0.4, -0.2) is 62.5 Å². The third-order valence-electron chi connectivity index (χ3n) is 6.38. The van der Waals surface area contributed by atoms with E-state index in [2.05, 4.69) is 25.1 Å². The molecule has 7 nitrogen and oxygen atoms in total. The Kier molecular flexibility index (Phi) is 4.57. The summed E-state index contributed by atoms with van der Waals surface area (Å²) in [6.45, 7) is 6.78. The Morgan fingerprint density at radius 2 is 1.78 bits per heavy atom. The van der Waals surface area contributed by atoms with Crippen LogP contribution in [0.25, 0.3) is 0 Å². The van der Waals surface area contributed by atoms with E-state index in [4.69, 9.17) is 0 Å². The van der Waals surface area contributed by atoms with Crippen molar-refractivity contribution in [2.45, 2.75) is 51.6 Å². The summed E-state index contributed by atoms with van der Waals surface area (Å²) < 4.78 is 1.67. The van der Waals surface area contributed by atoms with Crippen LogP contribution in [-0.2, 0) is 38.8 Å². The Bertz CT molecular complexity index is 877. The molecule has 0 aromatic carbocycles. The maximum absolute atomic E-state index is 12.2. The fourth-order valence-electron chi connectivity index (χ4n) is 4.74. The summed E-state index contributed by atoms with van der Waals surface area (Å²) in [6, 6.07) is 1.80. The van der Waals surface area contributed by atoms with Crippen molar-refractivity contribution in [3.05, 3.63) is 44.6 Å². The van der Waals surface area contributed by atoms with Crippen LogP contribution in [0.4, 0.5) is 0 Å². The van der Waals surface area contributed by atoms with E-state index in [1.807, 2.05) is 0 Å². The first-order chi connectivity index (χ1) is 13.3. The van der Waals surface area contributed by atoms with Gasteiger partial charge < -0.3 is 0 Å². The average Bonchev–Trinajstić information content (AvgIpc) is 3.39. The van der Waals surface area contributed by atoms with Gasteiger partial charge in [-0.3, -0.25) is 19.7 Å². The Labute approximate surface area is 159 Å². The normalized spacial score (nSPS) is 20.1. The third-order valence-corrected chi connectivity index (χ3v) is 6.38. The number of rotatable bonds is 5. The number of hydrogen-bond acceptors (Lipinski definition) is 5. The van der Waals surface area contributed by atoms with Crippen molar-refractivity contribution < 1.29 is 0 Å². The average molecular weight is 368 g/mol. The van der Waals surface area contributed by atoms with Crippen LogP contribution in [0.2, 0.25) is 0 Å². The zero-order valence-electron chi connectivity index (χ0n) is 15.9. The second-order valence-corrected chi connectivity index (χ2v) is 8.13. The third kappa shape index (κ3) is 3.46. The molecular formula is C20H28N6O. The number of nitrogens with one attached hydrogen (secondary N) is 1. The molecule has 1 N–H and O–H groups in total. The molecule has 0 saturated carbocycles. The van der Waals surface area contributed by atoms with E-state index in [-0.39, 0.29) is 5.56 Å². The molecule has 7 heteroatoms. The quantitative estimate of drug-likeness (QED) is 0.844. The van der Waals surface area contributed by atoms with E-state index in [0.29, 0.717) is 6.54 Å². The predicted octanol–water partition coefficient (Wildman–Crippen LogP) is 0.762.